The quantitative estimate of drug-likeness (QED) is 0.753. The lowest BCUT2D eigenvalue weighted by molar-refractivity contribution is 0.0992. The molecule has 0 aromatic heterocycles. The van der Waals surface area contributed by atoms with Gasteiger partial charge in [0.05, 0.1) is 31.4 Å². The maximum atomic E-state index is 8.51. The summed E-state index contributed by atoms with van der Waals surface area (Å²) < 4.78 is 11.2. The molecule has 4 nitrogen and oxygen atoms in total. The molecule has 1 aromatic carbocycles. The first-order valence-electron chi connectivity index (χ1n) is 5.04. The van der Waals surface area contributed by atoms with E-state index in [0.29, 0.717) is 19.8 Å². The number of rotatable bonds is 7. The molecular formula is C11H16BrNO3. The van der Waals surface area contributed by atoms with Gasteiger partial charge < -0.3 is 19.9 Å². The molecule has 1 rings (SSSR count). The van der Waals surface area contributed by atoms with Crippen LogP contribution in [0.15, 0.2) is 22.7 Å². The molecule has 0 bridgehead atoms. The summed E-state index contributed by atoms with van der Waals surface area (Å²) in [4.78, 5) is 0. The molecular weight excluding hydrogens is 274 g/mol. The standard InChI is InChI=1S/C11H16BrNO3/c1-15-11-3-2-9(8-10(11)12)13-4-6-16-7-5-14/h2-3,8,13-14H,4-7H2,1H3. The second kappa shape index (κ2) is 7.49. The van der Waals surface area contributed by atoms with E-state index in [9.17, 15) is 0 Å². The summed E-state index contributed by atoms with van der Waals surface area (Å²) in [5.74, 6) is 0.807. The fourth-order valence-corrected chi connectivity index (χ4v) is 1.75. The van der Waals surface area contributed by atoms with Crippen molar-refractivity contribution in [1.29, 1.82) is 0 Å². The SMILES string of the molecule is COc1ccc(NCCOCCO)cc1Br. The normalized spacial score (nSPS) is 10.2. The van der Waals surface area contributed by atoms with Gasteiger partial charge in [0.1, 0.15) is 5.75 Å². The Morgan fingerprint density at radius 3 is 2.81 bits per heavy atom. The lowest BCUT2D eigenvalue weighted by Crippen LogP contribution is -2.11. The van der Waals surface area contributed by atoms with Crippen molar-refractivity contribution in [2.45, 2.75) is 0 Å². The van der Waals surface area contributed by atoms with Crippen LogP contribution in [0.3, 0.4) is 0 Å². The first-order valence-corrected chi connectivity index (χ1v) is 5.83. The highest BCUT2D eigenvalue weighted by Gasteiger charge is 2.00. The second-order valence-corrected chi connectivity index (χ2v) is 3.97. The average molecular weight is 290 g/mol. The van der Waals surface area contributed by atoms with Crippen molar-refractivity contribution in [3.05, 3.63) is 22.7 Å². The van der Waals surface area contributed by atoms with Gasteiger partial charge in [-0.1, -0.05) is 0 Å². The lowest BCUT2D eigenvalue weighted by atomic mass is 10.3. The van der Waals surface area contributed by atoms with Crippen molar-refractivity contribution in [1.82, 2.24) is 0 Å². The number of nitrogens with one attached hydrogen (secondary N) is 1. The molecule has 0 saturated heterocycles. The van der Waals surface area contributed by atoms with Crippen molar-refractivity contribution >= 4 is 21.6 Å². The molecule has 2 N–H and O–H groups in total. The summed E-state index contributed by atoms with van der Waals surface area (Å²) in [5, 5.41) is 11.7. The molecule has 0 aliphatic rings. The smallest absolute Gasteiger partial charge is 0.133 e. The number of hydrogen-bond donors (Lipinski definition) is 2. The Kier molecular flexibility index (Phi) is 6.22. The third-order valence-electron chi connectivity index (χ3n) is 1.96. The Labute approximate surface area is 104 Å². The number of ether oxygens (including phenoxy) is 2. The van der Waals surface area contributed by atoms with Crippen LogP contribution in [-0.4, -0.2) is 38.6 Å². The predicted molar refractivity (Wildman–Crippen MR) is 67.1 cm³/mol. The summed E-state index contributed by atoms with van der Waals surface area (Å²) in [7, 11) is 1.63. The zero-order chi connectivity index (χ0) is 11.8. The second-order valence-electron chi connectivity index (χ2n) is 3.11. The molecule has 0 amide bonds. The number of halogens is 1. The minimum absolute atomic E-state index is 0.0636. The van der Waals surface area contributed by atoms with Crippen molar-refractivity contribution in [3.63, 3.8) is 0 Å². The van der Waals surface area contributed by atoms with Gasteiger partial charge in [0.15, 0.2) is 0 Å². The molecule has 0 heterocycles. The van der Waals surface area contributed by atoms with Crippen LogP contribution in [0.25, 0.3) is 0 Å². The van der Waals surface area contributed by atoms with Crippen molar-refractivity contribution in [2.24, 2.45) is 0 Å². The maximum absolute atomic E-state index is 8.51. The van der Waals surface area contributed by atoms with Gasteiger partial charge in [0.2, 0.25) is 0 Å². The highest BCUT2D eigenvalue weighted by atomic mass is 79.9. The molecule has 0 saturated carbocycles. The van der Waals surface area contributed by atoms with E-state index >= 15 is 0 Å². The van der Waals surface area contributed by atoms with Crippen LogP contribution in [0, 0.1) is 0 Å². The fourth-order valence-electron chi connectivity index (χ4n) is 1.21. The third kappa shape index (κ3) is 4.38. The minimum atomic E-state index is 0.0636. The van der Waals surface area contributed by atoms with Crippen LogP contribution in [-0.2, 0) is 4.74 Å². The van der Waals surface area contributed by atoms with E-state index in [0.717, 1.165) is 15.9 Å². The molecule has 16 heavy (non-hydrogen) atoms. The zero-order valence-electron chi connectivity index (χ0n) is 9.20. The van der Waals surface area contributed by atoms with E-state index in [1.807, 2.05) is 18.2 Å². The van der Waals surface area contributed by atoms with E-state index in [1.165, 1.54) is 0 Å². The van der Waals surface area contributed by atoms with Gasteiger partial charge >= 0.3 is 0 Å². The molecule has 0 fully saturated rings. The summed E-state index contributed by atoms with van der Waals surface area (Å²) in [6.45, 7) is 1.73. The van der Waals surface area contributed by atoms with E-state index in [4.69, 9.17) is 14.6 Å². The maximum Gasteiger partial charge on any atom is 0.133 e. The van der Waals surface area contributed by atoms with Crippen LogP contribution < -0.4 is 10.1 Å². The first kappa shape index (κ1) is 13.3. The van der Waals surface area contributed by atoms with E-state index in [-0.39, 0.29) is 6.61 Å². The van der Waals surface area contributed by atoms with E-state index < -0.39 is 0 Å². The average Bonchev–Trinajstić information content (AvgIpc) is 2.29. The summed E-state index contributed by atoms with van der Waals surface area (Å²) in [6, 6.07) is 5.78. The van der Waals surface area contributed by atoms with Crippen molar-refractivity contribution in [3.8, 4) is 5.75 Å². The Balaban J connectivity index is 2.34. The molecule has 0 spiro atoms. The minimum Gasteiger partial charge on any atom is -0.496 e. The highest BCUT2D eigenvalue weighted by molar-refractivity contribution is 9.10. The van der Waals surface area contributed by atoms with Crippen LogP contribution in [0.1, 0.15) is 0 Å². The highest BCUT2D eigenvalue weighted by Crippen LogP contribution is 2.27. The monoisotopic (exact) mass is 289 g/mol. The van der Waals surface area contributed by atoms with Gasteiger partial charge in [-0.15, -0.1) is 0 Å². The fraction of sp³-hybridized carbons (Fsp3) is 0.455. The largest absolute Gasteiger partial charge is 0.496 e. The van der Waals surface area contributed by atoms with Gasteiger partial charge in [-0.2, -0.15) is 0 Å². The van der Waals surface area contributed by atoms with Crippen LogP contribution >= 0.6 is 15.9 Å². The number of aliphatic hydroxyl groups is 1. The van der Waals surface area contributed by atoms with E-state index in [2.05, 4.69) is 21.2 Å². The van der Waals surface area contributed by atoms with Crippen LogP contribution in [0.5, 0.6) is 5.75 Å². The van der Waals surface area contributed by atoms with Crippen LogP contribution in [0.2, 0.25) is 0 Å². The third-order valence-corrected chi connectivity index (χ3v) is 2.58. The molecule has 5 heteroatoms. The Morgan fingerprint density at radius 1 is 1.38 bits per heavy atom. The van der Waals surface area contributed by atoms with Gasteiger partial charge in [0.25, 0.3) is 0 Å². The van der Waals surface area contributed by atoms with Crippen molar-refractivity contribution in [2.75, 3.05) is 38.8 Å². The van der Waals surface area contributed by atoms with Crippen LogP contribution in [0.4, 0.5) is 5.69 Å². The summed E-state index contributed by atoms with van der Waals surface area (Å²) in [6.07, 6.45) is 0. The molecule has 0 aliphatic carbocycles. The number of methoxy groups -OCH3 is 1. The summed E-state index contributed by atoms with van der Waals surface area (Å²) in [5.41, 5.74) is 1.00. The predicted octanol–water partition coefficient (Wildman–Crippen LogP) is 1.88. The topological polar surface area (TPSA) is 50.7 Å². The number of aliphatic hydroxyl groups excluding tert-OH is 1. The van der Waals surface area contributed by atoms with Gasteiger partial charge in [-0.05, 0) is 34.1 Å². The first-order chi connectivity index (χ1) is 7.77. The van der Waals surface area contributed by atoms with Crippen molar-refractivity contribution < 1.29 is 14.6 Å². The number of benzene rings is 1. The molecule has 1 aromatic rings. The molecule has 0 unspecified atom stereocenters. The molecule has 0 radical (unpaired) electrons. The Hall–Kier alpha value is -0.780. The summed E-state index contributed by atoms with van der Waals surface area (Å²) >= 11 is 3.41. The van der Waals surface area contributed by atoms with Gasteiger partial charge in [0, 0.05) is 12.2 Å². The Morgan fingerprint density at radius 2 is 2.19 bits per heavy atom. The Bertz CT molecular complexity index is 320. The molecule has 0 aliphatic heterocycles. The number of hydrogen-bond acceptors (Lipinski definition) is 4. The zero-order valence-corrected chi connectivity index (χ0v) is 10.8. The van der Waals surface area contributed by atoms with E-state index in [1.54, 1.807) is 7.11 Å². The molecule has 90 valence electrons. The molecule has 0 atom stereocenters. The van der Waals surface area contributed by atoms with Gasteiger partial charge in [-0.25, -0.2) is 0 Å². The lowest BCUT2D eigenvalue weighted by Gasteiger charge is -2.09. The van der Waals surface area contributed by atoms with Gasteiger partial charge in [-0.3, -0.25) is 0 Å². The number of anilines is 1.